The number of phenolic OH excluding ortho intramolecular Hbond substituents is 1. The highest BCUT2D eigenvalue weighted by Crippen LogP contribution is 2.10. The lowest BCUT2D eigenvalue weighted by Gasteiger charge is -2.15. The van der Waals surface area contributed by atoms with Gasteiger partial charge in [-0.15, -0.1) is 0 Å². The quantitative estimate of drug-likeness (QED) is 0.606. The van der Waals surface area contributed by atoms with Gasteiger partial charge < -0.3 is 14.9 Å². The van der Waals surface area contributed by atoms with Gasteiger partial charge >= 0.3 is 5.91 Å². The molecular formula is C15H19N7O2. The molecule has 0 aliphatic rings. The molecule has 24 heavy (non-hydrogen) atoms. The summed E-state index contributed by atoms with van der Waals surface area (Å²) < 4.78 is 0. The Morgan fingerprint density at radius 3 is 2.08 bits per heavy atom. The molecule has 1 aromatic heterocycles. The fraction of sp³-hybridized carbons (Fsp3) is 0.267. The van der Waals surface area contributed by atoms with E-state index in [1.165, 1.54) is 18.3 Å². The number of hydrazone groups is 1. The van der Waals surface area contributed by atoms with Gasteiger partial charge in [-0.25, -0.2) is 5.43 Å². The minimum absolute atomic E-state index is 0.0275. The molecule has 2 N–H and O–H groups in total. The smallest absolute Gasteiger partial charge is 0.309 e. The van der Waals surface area contributed by atoms with Gasteiger partial charge in [0.1, 0.15) is 5.75 Å². The summed E-state index contributed by atoms with van der Waals surface area (Å²) >= 11 is 0. The van der Waals surface area contributed by atoms with Crippen molar-refractivity contribution in [1.29, 1.82) is 0 Å². The maximum absolute atomic E-state index is 12.2. The fourth-order valence-electron chi connectivity index (χ4n) is 1.63. The van der Waals surface area contributed by atoms with Gasteiger partial charge in [0.25, 0.3) is 0 Å². The number of rotatable bonds is 5. The number of phenols is 1. The molecule has 0 aliphatic heterocycles. The van der Waals surface area contributed by atoms with Gasteiger partial charge in [0, 0.05) is 28.2 Å². The number of aromatic hydroxyl groups is 1. The van der Waals surface area contributed by atoms with Crippen LogP contribution < -0.4 is 15.2 Å². The standard InChI is InChI=1S/C15H19N7O2/c1-21(2)14-17-12(18-15(19-14)22(3)4)13(24)20-16-9-10-5-7-11(23)8-6-10/h5-9,23H,1-4H3,(H,20,24)/b16-9+. The first-order valence-corrected chi connectivity index (χ1v) is 7.10. The predicted octanol–water partition coefficient (Wildman–Crippen LogP) is 0.473. The van der Waals surface area contributed by atoms with E-state index in [0.29, 0.717) is 11.9 Å². The summed E-state index contributed by atoms with van der Waals surface area (Å²) in [6, 6.07) is 6.40. The van der Waals surface area contributed by atoms with Crippen LogP contribution in [-0.2, 0) is 0 Å². The summed E-state index contributed by atoms with van der Waals surface area (Å²) in [6.45, 7) is 0. The molecule has 0 fully saturated rings. The summed E-state index contributed by atoms with van der Waals surface area (Å²) in [5.41, 5.74) is 3.10. The molecule has 2 rings (SSSR count). The van der Waals surface area contributed by atoms with Crippen molar-refractivity contribution in [1.82, 2.24) is 20.4 Å². The van der Waals surface area contributed by atoms with E-state index in [-0.39, 0.29) is 11.6 Å². The molecule has 126 valence electrons. The average Bonchev–Trinajstić information content (AvgIpc) is 2.56. The number of hydrogen-bond acceptors (Lipinski definition) is 8. The first kappa shape index (κ1) is 17.1. The number of anilines is 2. The van der Waals surface area contributed by atoms with E-state index >= 15 is 0 Å². The molecule has 0 spiro atoms. The number of aromatic nitrogens is 3. The van der Waals surface area contributed by atoms with E-state index in [4.69, 9.17) is 0 Å². The number of carbonyl (C=O) groups excluding carboxylic acids is 1. The molecule has 0 saturated heterocycles. The summed E-state index contributed by atoms with van der Waals surface area (Å²) in [5, 5.41) is 13.1. The zero-order chi connectivity index (χ0) is 17.7. The maximum atomic E-state index is 12.2. The van der Waals surface area contributed by atoms with Crippen LogP contribution in [0.5, 0.6) is 5.75 Å². The van der Waals surface area contributed by atoms with Crippen LogP contribution >= 0.6 is 0 Å². The first-order chi connectivity index (χ1) is 11.4. The Labute approximate surface area is 139 Å². The van der Waals surface area contributed by atoms with E-state index in [9.17, 15) is 9.90 Å². The molecule has 0 saturated carbocycles. The third-order valence-electron chi connectivity index (χ3n) is 2.89. The molecule has 9 heteroatoms. The van der Waals surface area contributed by atoms with Crippen molar-refractivity contribution in [2.24, 2.45) is 5.10 Å². The third kappa shape index (κ3) is 4.38. The van der Waals surface area contributed by atoms with Crippen LogP contribution in [0.2, 0.25) is 0 Å². The number of nitrogens with zero attached hydrogens (tertiary/aromatic N) is 6. The molecule has 1 amide bonds. The van der Waals surface area contributed by atoms with Crippen molar-refractivity contribution in [3.63, 3.8) is 0 Å². The Hall–Kier alpha value is -3.23. The van der Waals surface area contributed by atoms with Crippen LogP contribution in [0.25, 0.3) is 0 Å². The Kier molecular flexibility index (Phi) is 5.25. The van der Waals surface area contributed by atoms with Gasteiger partial charge in [0.2, 0.25) is 17.7 Å². The highest BCUT2D eigenvalue weighted by Gasteiger charge is 2.15. The highest BCUT2D eigenvalue weighted by atomic mass is 16.3. The maximum Gasteiger partial charge on any atom is 0.309 e. The highest BCUT2D eigenvalue weighted by molar-refractivity contribution is 5.92. The SMILES string of the molecule is CN(C)c1nc(C(=O)N/N=C/c2ccc(O)cc2)nc(N(C)C)n1. The Bertz CT molecular complexity index is 716. The van der Waals surface area contributed by atoms with Crippen molar-refractivity contribution in [2.45, 2.75) is 0 Å². The molecule has 0 unspecified atom stereocenters. The van der Waals surface area contributed by atoms with Crippen molar-refractivity contribution in [2.75, 3.05) is 38.0 Å². The van der Waals surface area contributed by atoms with Crippen LogP contribution in [0.1, 0.15) is 16.2 Å². The van der Waals surface area contributed by atoms with E-state index in [1.807, 2.05) is 0 Å². The largest absolute Gasteiger partial charge is 0.508 e. The van der Waals surface area contributed by atoms with E-state index in [2.05, 4.69) is 25.5 Å². The monoisotopic (exact) mass is 329 g/mol. The summed E-state index contributed by atoms with van der Waals surface area (Å²) in [7, 11) is 7.11. The molecule has 0 radical (unpaired) electrons. The third-order valence-corrected chi connectivity index (χ3v) is 2.89. The van der Waals surface area contributed by atoms with Crippen LogP contribution in [0.15, 0.2) is 29.4 Å². The van der Waals surface area contributed by atoms with Gasteiger partial charge in [0.05, 0.1) is 6.21 Å². The number of nitrogens with one attached hydrogen (secondary N) is 1. The normalized spacial score (nSPS) is 10.7. The summed E-state index contributed by atoms with van der Waals surface area (Å²) in [6.07, 6.45) is 1.46. The number of benzene rings is 1. The lowest BCUT2D eigenvalue weighted by molar-refractivity contribution is 0.0944. The molecule has 1 heterocycles. The summed E-state index contributed by atoms with van der Waals surface area (Å²) in [4.78, 5) is 28.0. The van der Waals surface area contributed by atoms with Crippen molar-refractivity contribution >= 4 is 24.0 Å². The van der Waals surface area contributed by atoms with E-state index in [1.54, 1.807) is 50.1 Å². The topological polar surface area (TPSA) is 107 Å². The van der Waals surface area contributed by atoms with Crippen molar-refractivity contribution < 1.29 is 9.90 Å². The fourth-order valence-corrected chi connectivity index (χ4v) is 1.63. The van der Waals surface area contributed by atoms with Crippen LogP contribution in [0.3, 0.4) is 0 Å². The Morgan fingerprint density at radius 1 is 1.04 bits per heavy atom. The van der Waals surface area contributed by atoms with Crippen LogP contribution in [0.4, 0.5) is 11.9 Å². The minimum atomic E-state index is -0.543. The number of hydrogen-bond donors (Lipinski definition) is 2. The molecule has 1 aromatic carbocycles. The molecule has 0 bridgehead atoms. The lowest BCUT2D eigenvalue weighted by atomic mass is 10.2. The lowest BCUT2D eigenvalue weighted by Crippen LogP contribution is -2.25. The second-order valence-corrected chi connectivity index (χ2v) is 5.34. The molecule has 0 atom stereocenters. The van der Waals surface area contributed by atoms with Gasteiger partial charge in [-0.3, -0.25) is 4.79 Å². The second kappa shape index (κ2) is 7.36. The first-order valence-electron chi connectivity index (χ1n) is 7.10. The zero-order valence-corrected chi connectivity index (χ0v) is 13.9. The summed E-state index contributed by atoms with van der Waals surface area (Å²) in [5.74, 6) is 0.343. The molecule has 9 nitrogen and oxygen atoms in total. The number of carbonyl (C=O) groups is 1. The van der Waals surface area contributed by atoms with Gasteiger partial charge in [-0.05, 0) is 29.8 Å². The zero-order valence-electron chi connectivity index (χ0n) is 13.9. The molecule has 0 aliphatic carbocycles. The van der Waals surface area contributed by atoms with Crippen molar-refractivity contribution in [3.8, 4) is 5.75 Å². The average molecular weight is 329 g/mol. The minimum Gasteiger partial charge on any atom is -0.508 e. The Morgan fingerprint density at radius 2 is 1.58 bits per heavy atom. The predicted molar refractivity (Wildman–Crippen MR) is 91.6 cm³/mol. The van der Waals surface area contributed by atoms with Gasteiger partial charge in [0.15, 0.2) is 0 Å². The van der Waals surface area contributed by atoms with Crippen molar-refractivity contribution in [3.05, 3.63) is 35.7 Å². The van der Waals surface area contributed by atoms with Crippen LogP contribution in [0, 0.1) is 0 Å². The van der Waals surface area contributed by atoms with E-state index in [0.717, 1.165) is 5.56 Å². The second-order valence-electron chi connectivity index (χ2n) is 5.34. The molecular weight excluding hydrogens is 310 g/mol. The van der Waals surface area contributed by atoms with Gasteiger partial charge in [-0.2, -0.15) is 20.1 Å². The van der Waals surface area contributed by atoms with E-state index < -0.39 is 5.91 Å². The van der Waals surface area contributed by atoms with Crippen LogP contribution in [-0.4, -0.2) is 60.4 Å². The van der Waals surface area contributed by atoms with Gasteiger partial charge in [-0.1, -0.05) is 0 Å². The Balaban J connectivity index is 2.15. The molecule has 2 aromatic rings. The number of amides is 1.